The highest BCUT2D eigenvalue weighted by Gasteiger charge is 2.32. The molecule has 2 heterocycles. The molecule has 1 aliphatic heterocycles. The Kier molecular flexibility index (Phi) is 2.93. The Hall–Kier alpha value is -2.37. The molecule has 3 rings (SSSR count). The molecule has 1 atom stereocenters. The molecule has 1 aliphatic rings. The summed E-state index contributed by atoms with van der Waals surface area (Å²) in [6.45, 7) is 2.37. The van der Waals surface area contributed by atoms with Crippen LogP contribution >= 0.6 is 0 Å². The number of carbonyl (C=O) groups is 1. The Bertz CT molecular complexity index is 712. The molecule has 1 unspecified atom stereocenters. The number of aromatic nitrogens is 3. The minimum Gasteiger partial charge on any atom is -0.480 e. The SMILES string of the molecule is Cc1ccc(Cn2nc3n(c2=O)C(C(=O)O)CC3)cc1. The molecule has 6 heteroatoms. The van der Waals surface area contributed by atoms with Gasteiger partial charge in [-0.05, 0) is 18.9 Å². The zero-order valence-corrected chi connectivity index (χ0v) is 11.1. The molecule has 20 heavy (non-hydrogen) atoms. The van der Waals surface area contributed by atoms with Crippen LogP contribution in [0.15, 0.2) is 29.1 Å². The normalized spacial score (nSPS) is 17.1. The number of carboxylic acid groups (broad SMARTS) is 1. The number of hydrogen-bond donors (Lipinski definition) is 1. The van der Waals surface area contributed by atoms with Crippen molar-refractivity contribution in [2.45, 2.75) is 32.4 Å². The van der Waals surface area contributed by atoms with E-state index in [1.165, 1.54) is 9.25 Å². The predicted molar refractivity (Wildman–Crippen MR) is 71.8 cm³/mol. The van der Waals surface area contributed by atoms with Crippen molar-refractivity contribution in [2.24, 2.45) is 0 Å². The second kappa shape index (κ2) is 4.63. The van der Waals surface area contributed by atoms with Gasteiger partial charge >= 0.3 is 11.7 Å². The van der Waals surface area contributed by atoms with Crippen LogP contribution in [-0.4, -0.2) is 25.4 Å². The van der Waals surface area contributed by atoms with Gasteiger partial charge in [0.1, 0.15) is 11.9 Å². The van der Waals surface area contributed by atoms with Crippen LogP contribution in [0.5, 0.6) is 0 Å². The van der Waals surface area contributed by atoms with E-state index in [1.54, 1.807) is 0 Å². The van der Waals surface area contributed by atoms with E-state index in [1.807, 2.05) is 31.2 Å². The Labute approximate surface area is 115 Å². The number of rotatable bonds is 3. The van der Waals surface area contributed by atoms with Crippen molar-refractivity contribution in [1.29, 1.82) is 0 Å². The van der Waals surface area contributed by atoms with Crippen LogP contribution in [0.3, 0.4) is 0 Å². The van der Waals surface area contributed by atoms with Gasteiger partial charge in [0.25, 0.3) is 0 Å². The minimum atomic E-state index is -0.972. The van der Waals surface area contributed by atoms with Crippen LogP contribution in [0.2, 0.25) is 0 Å². The first-order valence-electron chi connectivity index (χ1n) is 6.53. The fourth-order valence-corrected chi connectivity index (χ4v) is 2.55. The van der Waals surface area contributed by atoms with Gasteiger partial charge in [-0.3, -0.25) is 4.57 Å². The smallest absolute Gasteiger partial charge is 0.347 e. The molecule has 0 aliphatic carbocycles. The minimum absolute atomic E-state index is 0.342. The van der Waals surface area contributed by atoms with E-state index in [2.05, 4.69) is 5.10 Å². The number of fused-ring (bicyclic) bond motifs is 1. The van der Waals surface area contributed by atoms with Crippen LogP contribution < -0.4 is 5.69 Å². The molecule has 104 valence electrons. The number of carboxylic acids is 1. The topological polar surface area (TPSA) is 77.1 Å². The summed E-state index contributed by atoms with van der Waals surface area (Å²) < 4.78 is 2.64. The first-order chi connectivity index (χ1) is 9.56. The summed E-state index contributed by atoms with van der Waals surface area (Å²) in [6, 6.07) is 7.07. The van der Waals surface area contributed by atoms with Crippen molar-refractivity contribution < 1.29 is 9.90 Å². The standard InChI is InChI=1S/C14H15N3O3/c1-9-2-4-10(5-3-9)8-16-14(20)17-11(13(18)19)6-7-12(17)15-16/h2-5,11H,6-8H2,1H3,(H,18,19). The molecule has 1 aromatic carbocycles. The van der Waals surface area contributed by atoms with Gasteiger partial charge in [-0.25, -0.2) is 14.3 Å². The molecule has 6 nitrogen and oxygen atoms in total. The van der Waals surface area contributed by atoms with Gasteiger partial charge in [0.05, 0.1) is 6.54 Å². The summed E-state index contributed by atoms with van der Waals surface area (Å²) in [6.07, 6.45) is 0.978. The fourth-order valence-electron chi connectivity index (χ4n) is 2.55. The monoisotopic (exact) mass is 273 g/mol. The zero-order chi connectivity index (χ0) is 14.3. The highest BCUT2D eigenvalue weighted by Crippen LogP contribution is 2.22. The molecule has 2 aromatic rings. The maximum Gasteiger partial charge on any atom is 0.347 e. The summed E-state index contributed by atoms with van der Waals surface area (Å²) in [5, 5.41) is 13.4. The summed E-state index contributed by atoms with van der Waals surface area (Å²) in [4.78, 5) is 23.4. The predicted octanol–water partition coefficient (Wildman–Crippen LogP) is 0.973. The fraction of sp³-hybridized carbons (Fsp3) is 0.357. The first-order valence-corrected chi connectivity index (χ1v) is 6.53. The molecule has 0 saturated heterocycles. The van der Waals surface area contributed by atoms with Gasteiger partial charge in [-0.2, -0.15) is 5.10 Å². The maximum absolute atomic E-state index is 12.2. The molecule has 0 bridgehead atoms. The summed E-state index contributed by atoms with van der Waals surface area (Å²) >= 11 is 0. The average molecular weight is 273 g/mol. The zero-order valence-electron chi connectivity index (χ0n) is 11.1. The van der Waals surface area contributed by atoms with Crippen LogP contribution in [0.25, 0.3) is 0 Å². The third-order valence-corrected chi connectivity index (χ3v) is 3.63. The molecule has 0 fully saturated rings. The van der Waals surface area contributed by atoms with Crippen molar-refractivity contribution in [1.82, 2.24) is 14.3 Å². The Balaban J connectivity index is 1.93. The number of hydrogen-bond acceptors (Lipinski definition) is 3. The highest BCUT2D eigenvalue weighted by atomic mass is 16.4. The third kappa shape index (κ3) is 2.03. The Morgan fingerprint density at radius 1 is 1.40 bits per heavy atom. The van der Waals surface area contributed by atoms with Crippen LogP contribution in [0, 0.1) is 6.92 Å². The number of nitrogens with zero attached hydrogens (tertiary/aromatic N) is 3. The van der Waals surface area contributed by atoms with E-state index in [0.717, 1.165) is 11.1 Å². The quantitative estimate of drug-likeness (QED) is 0.904. The van der Waals surface area contributed by atoms with E-state index in [0.29, 0.717) is 25.2 Å². The summed E-state index contributed by atoms with van der Waals surface area (Å²) in [5.74, 6) is -0.407. The lowest BCUT2D eigenvalue weighted by Crippen LogP contribution is -2.30. The molecule has 0 radical (unpaired) electrons. The van der Waals surface area contributed by atoms with E-state index in [-0.39, 0.29) is 5.69 Å². The lowest BCUT2D eigenvalue weighted by Gasteiger charge is -2.05. The number of aryl methyl sites for hydroxylation is 2. The van der Waals surface area contributed by atoms with Crippen molar-refractivity contribution in [3.8, 4) is 0 Å². The Morgan fingerprint density at radius 2 is 2.10 bits per heavy atom. The third-order valence-electron chi connectivity index (χ3n) is 3.63. The van der Waals surface area contributed by atoms with E-state index >= 15 is 0 Å². The Morgan fingerprint density at radius 3 is 2.75 bits per heavy atom. The molecule has 1 aromatic heterocycles. The number of benzene rings is 1. The second-order valence-corrected chi connectivity index (χ2v) is 5.10. The molecule has 0 spiro atoms. The molecule has 1 N–H and O–H groups in total. The van der Waals surface area contributed by atoms with E-state index in [4.69, 9.17) is 5.11 Å². The largest absolute Gasteiger partial charge is 0.480 e. The van der Waals surface area contributed by atoms with Gasteiger partial charge in [0, 0.05) is 6.42 Å². The lowest BCUT2D eigenvalue weighted by molar-refractivity contribution is -0.140. The van der Waals surface area contributed by atoms with Crippen LogP contribution in [0.1, 0.15) is 29.4 Å². The van der Waals surface area contributed by atoms with Gasteiger partial charge in [-0.15, -0.1) is 0 Å². The molecule has 0 saturated carbocycles. The maximum atomic E-state index is 12.2. The molecular formula is C14H15N3O3. The molecule has 0 amide bonds. The van der Waals surface area contributed by atoms with Crippen molar-refractivity contribution in [3.05, 3.63) is 51.7 Å². The first kappa shape index (κ1) is 12.7. The van der Waals surface area contributed by atoms with Gasteiger partial charge < -0.3 is 5.11 Å². The highest BCUT2D eigenvalue weighted by molar-refractivity contribution is 5.72. The van der Waals surface area contributed by atoms with Crippen LogP contribution in [-0.2, 0) is 17.8 Å². The van der Waals surface area contributed by atoms with Crippen LogP contribution in [0.4, 0.5) is 0 Å². The average Bonchev–Trinajstić information content (AvgIpc) is 2.94. The molecular weight excluding hydrogens is 258 g/mol. The van der Waals surface area contributed by atoms with Gasteiger partial charge in [-0.1, -0.05) is 29.8 Å². The van der Waals surface area contributed by atoms with E-state index in [9.17, 15) is 9.59 Å². The summed E-state index contributed by atoms with van der Waals surface area (Å²) in [5.41, 5.74) is 1.78. The second-order valence-electron chi connectivity index (χ2n) is 5.10. The van der Waals surface area contributed by atoms with Gasteiger partial charge in [0.15, 0.2) is 0 Å². The van der Waals surface area contributed by atoms with Gasteiger partial charge in [0.2, 0.25) is 0 Å². The van der Waals surface area contributed by atoms with Crippen molar-refractivity contribution in [2.75, 3.05) is 0 Å². The summed E-state index contributed by atoms with van der Waals surface area (Å²) in [7, 11) is 0. The lowest BCUT2D eigenvalue weighted by atomic mass is 10.1. The number of aliphatic carboxylic acids is 1. The van der Waals surface area contributed by atoms with E-state index < -0.39 is 12.0 Å². The van der Waals surface area contributed by atoms with Crippen molar-refractivity contribution in [3.63, 3.8) is 0 Å². The van der Waals surface area contributed by atoms with Crippen molar-refractivity contribution >= 4 is 5.97 Å².